The van der Waals surface area contributed by atoms with E-state index >= 15 is 0 Å². The molecule has 2 aromatic rings. The fraction of sp³-hybridized carbons (Fsp3) is 0.423. The first-order valence-corrected chi connectivity index (χ1v) is 12.3. The van der Waals surface area contributed by atoms with Gasteiger partial charge in [-0.25, -0.2) is 0 Å². The SMILES string of the molecule is Cc1cc(C)c(-n2c(C)cc(C=C3SC(=O)N(CC(=O)N4CCCCC4)C3=O)c2C)c(C)c1. The van der Waals surface area contributed by atoms with Gasteiger partial charge >= 0.3 is 0 Å². The van der Waals surface area contributed by atoms with Gasteiger partial charge in [0, 0.05) is 24.5 Å². The lowest BCUT2D eigenvalue weighted by molar-refractivity contribution is -0.136. The summed E-state index contributed by atoms with van der Waals surface area (Å²) in [6.07, 6.45) is 4.86. The highest BCUT2D eigenvalue weighted by molar-refractivity contribution is 8.18. The number of hydrogen-bond acceptors (Lipinski definition) is 4. The molecule has 0 atom stereocenters. The molecule has 0 bridgehead atoms. The van der Waals surface area contributed by atoms with Crippen molar-refractivity contribution in [3.8, 4) is 5.69 Å². The number of aryl methyl sites for hydroxylation is 4. The number of benzene rings is 1. The summed E-state index contributed by atoms with van der Waals surface area (Å²) < 4.78 is 2.21. The third kappa shape index (κ3) is 4.51. The lowest BCUT2D eigenvalue weighted by Gasteiger charge is -2.27. The smallest absolute Gasteiger partial charge is 0.294 e. The van der Waals surface area contributed by atoms with E-state index in [4.69, 9.17) is 0 Å². The molecule has 7 heteroatoms. The number of piperidine rings is 1. The van der Waals surface area contributed by atoms with Gasteiger partial charge in [0.2, 0.25) is 5.91 Å². The Morgan fingerprint density at radius 2 is 1.61 bits per heavy atom. The minimum Gasteiger partial charge on any atom is -0.341 e. The Balaban J connectivity index is 1.60. The van der Waals surface area contributed by atoms with E-state index in [0.29, 0.717) is 18.0 Å². The Hall–Kier alpha value is -2.80. The van der Waals surface area contributed by atoms with Crippen LogP contribution in [-0.4, -0.2) is 51.1 Å². The van der Waals surface area contributed by atoms with Crippen molar-refractivity contribution in [1.82, 2.24) is 14.4 Å². The summed E-state index contributed by atoms with van der Waals surface area (Å²) in [5, 5.41) is -0.379. The molecule has 1 aromatic carbocycles. The predicted molar refractivity (Wildman–Crippen MR) is 133 cm³/mol. The van der Waals surface area contributed by atoms with Crippen LogP contribution in [0.2, 0.25) is 0 Å². The van der Waals surface area contributed by atoms with Gasteiger partial charge < -0.3 is 9.47 Å². The summed E-state index contributed by atoms with van der Waals surface area (Å²) in [6.45, 7) is 11.6. The van der Waals surface area contributed by atoms with Crippen molar-refractivity contribution in [2.75, 3.05) is 19.6 Å². The largest absolute Gasteiger partial charge is 0.341 e. The van der Waals surface area contributed by atoms with E-state index in [1.807, 2.05) is 19.9 Å². The molecule has 174 valence electrons. The van der Waals surface area contributed by atoms with Crippen LogP contribution in [0.1, 0.15) is 52.9 Å². The lowest BCUT2D eigenvalue weighted by atomic mass is 10.0. The normalized spacial score (nSPS) is 18.0. The number of carbonyl (C=O) groups is 3. The molecule has 0 radical (unpaired) electrons. The molecule has 2 aliphatic rings. The van der Waals surface area contributed by atoms with E-state index in [0.717, 1.165) is 58.6 Å². The molecule has 0 N–H and O–H groups in total. The van der Waals surface area contributed by atoms with Crippen molar-refractivity contribution in [2.45, 2.75) is 53.9 Å². The van der Waals surface area contributed by atoms with Gasteiger partial charge in [-0.15, -0.1) is 0 Å². The highest BCUT2D eigenvalue weighted by atomic mass is 32.2. The molecule has 4 rings (SSSR count). The molecule has 0 unspecified atom stereocenters. The van der Waals surface area contributed by atoms with Crippen LogP contribution >= 0.6 is 11.8 Å². The highest BCUT2D eigenvalue weighted by Crippen LogP contribution is 2.34. The first-order valence-electron chi connectivity index (χ1n) is 11.5. The topological polar surface area (TPSA) is 62.6 Å². The molecule has 6 nitrogen and oxygen atoms in total. The van der Waals surface area contributed by atoms with Gasteiger partial charge in [0.1, 0.15) is 6.54 Å². The minimum absolute atomic E-state index is 0.151. The molecule has 0 spiro atoms. The first kappa shape index (κ1) is 23.4. The molecular weight excluding hydrogens is 434 g/mol. The fourth-order valence-corrected chi connectivity index (χ4v) is 5.79. The molecule has 33 heavy (non-hydrogen) atoms. The summed E-state index contributed by atoms with van der Waals surface area (Å²) in [5.41, 5.74) is 7.74. The number of nitrogens with zero attached hydrogens (tertiary/aromatic N) is 3. The molecular formula is C26H31N3O3S. The van der Waals surface area contributed by atoms with Crippen molar-refractivity contribution in [3.05, 3.63) is 56.7 Å². The van der Waals surface area contributed by atoms with E-state index in [1.54, 1.807) is 11.0 Å². The summed E-state index contributed by atoms with van der Waals surface area (Å²) in [4.78, 5) is 41.4. The summed E-state index contributed by atoms with van der Waals surface area (Å²) in [5.74, 6) is -0.537. The van der Waals surface area contributed by atoms with Gasteiger partial charge in [-0.05, 0) is 94.5 Å². The van der Waals surface area contributed by atoms with Gasteiger partial charge in [0.15, 0.2) is 0 Å². The Kier molecular flexibility index (Phi) is 6.52. The van der Waals surface area contributed by atoms with Crippen LogP contribution in [-0.2, 0) is 9.59 Å². The molecule has 2 saturated heterocycles. The highest BCUT2D eigenvalue weighted by Gasteiger charge is 2.37. The summed E-state index contributed by atoms with van der Waals surface area (Å²) in [7, 11) is 0. The number of carbonyl (C=O) groups excluding carboxylic acids is 3. The van der Waals surface area contributed by atoms with Crippen LogP contribution in [0.4, 0.5) is 4.79 Å². The van der Waals surface area contributed by atoms with Crippen molar-refractivity contribution in [2.24, 2.45) is 0 Å². The van der Waals surface area contributed by atoms with Crippen LogP contribution < -0.4 is 0 Å². The predicted octanol–water partition coefficient (Wildman–Crippen LogP) is 5.07. The fourth-order valence-electron chi connectivity index (χ4n) is 4.96. The maximum absolute atomic E-state index is 13.0. The van der Waals surface area contributed by atoms with Crippen molar-refractivity contribution >= 4 is 34.9 Å². The summed E-state index contributed by atoms with van der Waals surface area (Å²) >= 11 is 0.912. The number of rotatable bonds is 4. The number of thioether (sulfide) groups is 1. The Labute approximate surface area is 199 Å². The zero-order valence-corrected chi connectivity index (χ0v) is 20.8. The van der Waals surface area contributed by atoms with Gasteiger partial charge in [-0.1, -0.05) is 17.7 Å². The number of amides is 3. The lowest BCUT2D eigenvalue weighted by Crippen LogP contribution is -2.44. The molecule has 1 aromatic heterocycles. The Bertz CT molecular complexity index is 1150. The second kappa shape index (κ2) is 9.21. The second-order valence-corrected chi connectivity index (χ2v) is 10.1. The van der Waals surface area contributed by atoms with E-state index < -0.39 is 0 Å². The minimum atomic E-state index is -0.386. The van der Waals surface area contributed by atoms with Crippen molar-refractivity contribution < 1.29 is 14.4 Å². The zero-order chi connectivity index (χ0) is 23.9. The van der Waals surface area contributed by atoms with Crippen LogP contribution in [0, 0.1) is 34.6 Å². The monoisotopic (exact) mass is 465 g/mol. The van der Waals surface area contributed by atoms with Crippen LogP contribution in [0.3, 0.4) is 0 Å². The van der Waals surface area contributed by atoms with Crippen LogP contribution in [0.15, 0.2) is 23.1 Å². The molecule has 3 heterocycles. The number of hydrogen-bond donors (Lipinski definition) is 0. The van der Waals surface area contributed by atoms with E-state index in [9.17, 15) is 14.4 Å². The molecule has 0 aliphatic carbocycles. The number of likely N-dealkylation sites (tertiary alicyclic amines) is 1. The third-order valence-electron chi connectivity index (χ3n) is 6.49. The first-order chi connectivity index (χ1) is 15.7. The number of imide groups is 1. The van der Waals surface area contributed by atoms with Gasteiger partial charge in [0.25, 0.3) is 11.1 Å². The third-order valence-corrected chi connectivity index (χ3v) is 7.40. The van der Waals surface area contributed by atoms with Crippen LogP contribution in [0.25, 0.3) is 11.8 Å². The van der Waals surface area contributed by atoms with Gasteiger partial charge in [-0.3, -0.25) is 19.3 Å². The van der Waals surface area contributed by atoms with Gasteiger partial charge in [0.05, 0.1) is 10.6 Å². The number of aromatic nitrogens is 1. The second-order valence-electron chi connectivity index (χ2n) is 9.12. The quantitative estimate of drug-likeness (QED) is 0.592. The molecule has 2 fully saturated rings. The molecule has 0 saturated carbocycles. The van der Waals surface area contributed by atoms with E-state index in [-0.39, 0.29) is 23.6 Å². The van der Waals surface area contributed by atoms with E-state index in [2.05, 4.69) is 37.5 Å². The van der Waals surface area contributed by atoms with E-state index in [1.165, 1.54) is 16.7 Å². The Morgan fingerprint density at radius 3 is 2.24 bits per heavy atom. The zero-order valence-electron chi connectivity index (χ0n) is 20.0. The van der Waals surface area contributed by atoms with Gasteiger partial charge in [-0.2, -0.15) is 0 Å². The maximum atomic E-state index is 13.0. The summed E-state index contributed by atoms with van der Waals surface area (Å²) in [6, 6.07) is 6.39. The average Bonchev–Trinajstić information content (AvgIpc) is 3.18. The maximum Gasteiger partial charge on any atom is 0.294 e. The standard InChI is InChI=1S/C26H31N3O3S/c1-16-11-17(2)24(18(3)12-16)29-19(4)13-21(20(29)5)14-22-25(31)28(26(32)33-22)15-23(30)27-9-7-6-8-10-27/h11-14H,6-10,15H2,1-5H3. The van der Waals surface area contributed by atoms with Crippen LogP contribution in [0.5, 0.6) is 0 Å². The van der Waals surface area contributed by atoms with Crippen molar-refractivity contribution in [3.63, 3.8) is 0 Å². The van der Waals surface area contributed by atoms with Crippen molar-refractivity contribution in [1.29, 1.82) is 0 Å². The average molecular weight is 466 g/mol. The Morgan fingerprint density at radius 1 is 0.970 bits per heavy atom. The molecule has 3 amide bonds. The molecule has 2 aliphatic heterocycles.